The van der Waals surface area contributed by atoms with Gasteiger partial charge in [-0.25, -0.2) is 4.98 Å². The first kappa shape index (κ1) is 19.7. The molecule has 5 nitrogen and oxygen atoms in total. The van der Waals surface area contributed by atoms with Crippen molar-refractivity contribution in [1.29, 1.82) is 0 Å². The second kappa shape index (κ2) is 8.86. The minimum Gasteiger partial charge on any atom is -0.497 e. The number of nitrogens with zero attached hydrogens (tertiary/aromatic N) is 2. The van der Waals surface area contributed by atoms with Crippen molar-refractivity contribution in [2.75, 3.05) is 12.4 Å². The fourth-order valence-electron chi connectivity index (χ4n) is 3.58. The lowest BCUT2D eigenvalue weighted by Crippen LogP contribution is -1.99. The number of aromatic nitrogens is 2. The van der Waals surface area contributed by atoms with Crippen LogP contribution in [0.4, 0.5) is 5.69 Å². The summed E-state index contributed by atoms with van der Waals surface area (Å²) in [5, 5.41) is 3.48. The number of para-hydroxylation sites is 1. The Morgan fingerprint density at radius 1 is 0.781 bits per heavy atom. The summed E-state index contributed by atoms with van der Waals surface area (Å²) in [6.07, 6.45) is 1.85. The number of benzene rings is 4. The van der Waals surface area contributed by atoms with Crippen LogP contribution in [0.3, 0.4) is 0 Å². The third-order valence-electron chi connectivity index (χ3n) is 5.30. The molecule has 5 heteroatoms. The lowest BCUT2D eigenvalue weighted by atomic mass is 10.2. The normalized spacial score (nSPS) is 10.8. The highest BCUT2D eigenvalue weighted by molar-refractivity contribution is 5.81. The van der Waals surface area contributed by atoms with Gasteiger partial charge < -0.3 is 14.8 Å². The number of imidazole rings is 1. The van der Waals surface area contributed by atoms with Crippen molar-refractivity contribution in [1.82, 2.24) is 9.55 Å². The van der Waals surface area contributed by atoms with Crippen molar-refractivity contribution in [3.63, 3.8) is 0 Å². The van der Waals surface area contributed by atoms with Crippen LogP contribution in [0.25, 0.3) is 16.7 Å². The fraction of sp³-hybridized carbons (Fsp3) is 0.0741. The van der Waals surface area contributed by atoms with E-state index < -0.39 is 0 Å². The van der Waals surface area contributed by atoms with E-state index in [0.29, 0.717) is 0 Å². The minimum atomic E-state index is 0.719. The first-order valence-corrected chi connectivity index (χ1v) is 10.5. The molecule has 0 saturated heterocycles. The maximum Gasteiger partial charge on any atom is 0.127 e. The topological polar surface area (TPSA) is 48.3 Å². The van der Waals surface area contributed by atoms with Gasteiger partial charge >= 0.3 is 0 Å². The Morgan fingerprint density at radius 2 is 1.50 bits per heavy atom. The van der Waals surface area contributed by atoms with Crippen molar-refractivity contribution in [3.8, 4) is 22.9 Å². The zero-order chi connectivity index (χ0) is 21.8. The Bertz CT molecular complexity index is 1310. The van der Waals surface area contributed by atoms with Gasteiger partial charge in [0.1, 0.15) is 23.6 Å². The van der Waals surface area contributed by atoms with Crippen LogP contribution in [0, 0.1) is 0 Å². The van der Waals surface area contributed by atoms with Crippen molar-refractivity contribution in [2.24, 2.45) is 0 Å². The van der Waals surface area contributed by atoms with E-state index in [9.17, 15) is 0 Å². The molecule has 0 fully saturated rings. The maximum atomic E-state index is 5.86. The highest BCUT2D eigenvalue weighted by Gasteiger charge is 2.06. The van der Waals surface area contributed by atoms with Crippen molar-refractivity contribution < 1.29 is 9.47 Å². The van der Waals surface area contributed by atoms with Gasteiger partial charge in [0.2, 0.25) is 0 Å². The Balaban J connectivity index is 1.25. The van der Waals surface area contributed by atoms with Crippen LogP contribution in [0.5, 0.6) is 17.2 Å². The fourth-order valence-corrected chi connectivity index (χ4v) is 3.58. The summed E-state index contributed by atoms with van der Waals surface area (Å²) in [6, 6.07) is 32.1. The van der Waals surface area contributed by atoms with Crippen LogP contribution in [0.15, 0.2) is 103 Å². The number of nitrogens with one attached hydrogen (secondary N) is 1. The summed E-state index contributed by atoms with van der Waals surface area (Å²) < 4.78 is 13.2. The first-order chi connectivity index (χ1) is 15.8. The summed E-state index contributed by atoms with van der Waals surface area (Å²) >= 11 is 0. The third kappa shape index (κ3) is 4.27. The molecule has 0 unspecified atom stereocenters. The Labute approximate surface area is 186 Å². The van der Waals surface area contributed by atoms with E-state index in [-0.39, 0.29) is 0 Å². The highest BCUT2D eigenvalue weighted by Crippen LogP contribution is 2.24. The van der Waals surface area contributed by atoms with Crippen LogP contribution in [0.2, 0.25) is 0 Å². The van der Waals surface area contributed by atoms with Gasteiger partial charge in [0.05, 0.1) is 18.1 Å². The lowest BCUT2D eigenvalue weighted by molar-refractivity contribution is 0.415. The van der Waals surface area contributed by atoms with E-state index in [1.807, 2.05) is 73.1 Å². The Kier molecular flexibility index (Phi) is 5.45. The van der Waals surface area contributed by atoms with Gasteiger partial charge in [-0.2, -0.15) is 0 Å². The maximum absolute atomic E-state index is 5.86. The molecule has 0 aliphatic carbocycles. The molecular formula is C27H23N3O2. The van der Waals surface area contributed by atoms with E-state index in [2.05, 4.69) is 45.2 Å². The highest BCUT2D eigenvalue weighted by atomic mass is 16.5. The summed E-state index contributed by atoms with van der Waals surface area (Å²) in [5.74, 6) is 2.50. The molecule has 5 aromatic rings. The van der Waals surface area contributed by atoms with E-state index in [1.165, 1.54) is 5.56 Å². The van der Waals surface area contributed by atoms with Gasteiger partial charge in [0.15, 0.2) is 0 Å². The van der Waals surface area contributed by atoms with E-state index in [0.717, 1.165) is 46.2 Å². The number of rotatable bonds is 7. The van der Waals surface area contributed by atoms with Crippen molar-refractivity contribution >= 4 is 16.7 Å². The smallest absolute Gasteiger partial charge is 0.127 e. The van der Waals surface area contributed by atoms with Crippen LogP contribution >= 0.6 is 0 Å². The second-order valence-electron chi connectivity index (χ2n) is 7.43. The monoisotopic (exact) mass is 421 g/mol. The van der Waals surface area contributed by atoms with Gasteiger partial charge in [-0.1, -0.05) is 30.3 Å². The average Bonchev–Trinajstić information content (AvgIpc) is 3.28. The summed E-state index contributed by atoms with van der Waals surface area (Å²) in [7, 11) is 1.67. The Morgan fingerprint density at radius 3 is 2.25 bits per heavy atom. The molecule has 0 saturated carbocycles. The molecule has 0 aliphatic rings. The molecule has 0 spiro atoms. The SMILES string of the molecule is COc1ccc(-n2cnc3cc(NCc4ccc(Oc5ccccc5)cc4)ccc32)cc1. The zero-order valence-corrected chi connectivity index (χ0v) is 17.7. The predicted molar refractivity (Wildman–Crippen MR) is 128 cm³/mol. The van der Waals surface area contributed by atoms with Crippen molar-refractivity contribution in [2.45, 2.75) is 6.54 Å². The van der Waals surface area contributed by atoms with E-state index in [1.54, 1.807) is 7.11 Å². The molecule has 0 aliphatic heterocycles. The van der Waals surface area contributed by atoms with E-state index in [4.69, 9.17) is 9.47 Å². The summed E-state index contributed by atoms with van der Waals surface area (Å²) in [6.45, 7) is 0.719. The number of methoxy groups -OCH3 is 1. The molecule has 1 N–H and O–H groups in total. The van der Waals surface area contributed by atoms with Gasteiger partial charge in [-0.3, -0.25) is 4.57 Å². The molecule has 0 amide bonds. The van der Waals surface area contributed by atoms with Crippen LogP contribution in [-0.2, 0) is 6.54 Å². The van der Waals surface area contributed by atoms with Gasteiger partial charge in [-0.15, -0.1) is 0 Å². The number of hydrogen-bond donors (Lipinski definition) is 1. The van der Waals surface area contributed by atoms with E-state index >= 15 is 0 Å². The number of anilines is 1. The molecular weight excluding hydrogens is 398 g/mol. The lowest BCUT2D eigenvalue weighted by Gasteiger charge is -2.09. The third-order valence-corrected chi connectivity index (χ3v) is 5.30. The summed E-state index contributed by atoms with van der Waals surface area (Å²) in [5.41, 5.74) is 5.25. The van der Waals surface area contributed by atoms with Crippen LogP contribution < -0.4 is 14.8 Å². The molecule has 0 atom stereocenters. The average molecular weight is 422 g/mol. The largest absolute Gasteiger partial charge is 0.497 e. The number of ether oxygens (including phenoxy) is 2. The van der Waals surface area contributed by atoms with Gasteiger partial charge in [0, 0.05) is 17.9 Å². The number of hydrogen-bond acceptors (Lipinski definition) is 4. The zero-order valence-electron chi connectivity index (χ0n) is 17.7. The predicted octanol–water partition coefficient (Wildman–Crippen LogP) is 6.44. The summed E-state index contributed by atoms with van der Waals surface area (Å²) in [4.78, 5) is 4.58. The van der Waals surface area contributed by atoms with Gasteiger partial charge in [0.25, 0.3) is 0 Å². The second-order valence-corrected chi connectivity index (χ2v) is 7.43. The minimum absolute atomic E-state index is 0.719. The molecule has 5 rings (SSSR count). The first-order valence-electron chi connectivity index (χ1n) is 10.5. The molecule has 0 bridgehead atoms. The van der Waals surface area contributed by atoms with Crippen LogP contribution in [-0.4, -0.2) is 16.7 Å². The molecule has 0 radical (unpaired) electrons. The molecule has 4 aromatic carbocycles. The molecule has 1 heterocycles. The standard InChI is InChI=1S/C27H23N3O2/c1-31-23-14-10-22(11-15-23)30-19-29-26-17-21(9-16-27(26)30)28-18-20-7-12-25(13-8-20)32-24-5-3-2-4-6-24/h2-17,19,28H,18H2,1H3. The Hall–Kier alpha value is -4.25. The number of fused-ring (bicyclic) bond motifs is 1. The molecule has 158 valence electrons. The van der Waals surface area contributed by atoms with Crippen LogP contribution in [0.1, 0.15) is 5.56 Å². The van der Waals surface area contributed by atoms with Gasteiger partial charge in [-0.05, 0) is 72.3 Å². The molecule has 1 aromatic heterocycles. The molecule has 32 heavy (non-hydrogen) atoms. The van der Waals surface area contributed by atoms with Crippen molar-refractivity contribution in [3.05, 3.63) is 109 Å². The quantitative estimate of drug-likeness (QED) is 0.329.